The van der Waals surface area contributed by atoms with Gasteiger partial charge >= 0.3 is 0 Å². The fraction of sp³-hybridized carbons (Fsp3) is 0.600. The quantitative estimate of drug-likeness (QED) is 0.855. The lowest BCUT2D eigenvalue weighted by Crippen LogP contribution is -2.50. The summed E-state index contributed by atoms with van der Waals surface area (Å²) in [5.74, 6) is 0.844. The van der Waals surface area contributed by atoms with Crippen molar-refractivity contribution in [3.63, 3.8) is 0 Å². The van der Waals surface area contributed by atoms with E-state index in [1.54, 1.807) is 4.90 Å². The maximum Gasteiger partial charge on any atom is 0.254 e. The lowest BCUT2D eigenvalue weighted by molar-refractivity contribution is -0.136. The molecule has 2 fully saturated rings. The second kappa shape index (κ2) is 9.93. The highest BCUT2D eigenvalue weighted by molar-refractivity contribution is 5.97. The van der Waals surface area contributed by atoms with Gasteiger partial charge in [-0.15, -0.1) is 12.4 Å². The van der Waals surface area contributed by atoms with E-state index in [1.807, 2.05) is 42.3 Å². The average molecular weight is 380 g/mol. The summed E-state index contributed by atoms with van der Waals surface area (Å²) in [4.78, 5) is 29.5. The molecule has 0 aromatic heterocycles. The maximum atomic E-state index is 13.0. The van der Waals surface area contributed by atoms with Gasteiger partial charge in [-0.25, -0.2) is 0 Å². The molecular formula is C20H30ClN3O2. The first-order chi connectivity index (χ1) is 12.2. The highest BCUT2D eigenvalue weighted by Crippen LogP contribution is 2.25. The number of hydrogen-bond donors (Lipinski definition) is 1. The Morgan fingerprint density at radius 2 is 1.77 bits per heavy atom. The molecule has 2 heterocycles. The van der Waals surface area contributed by atoms with Gasteiger partial charge in [0.1, 0.15) is 6.04 Å². The molecule has 5 nitrogen and oxygen atoms in total. The number of nitrogens with zero attached hydrogens (tertiary/aromatic N) is 2. The number of rotatable bonds is 5. The number of nitrogens with one attached hydrogen (secondary N) is 1. The van der Waals surface area contributed by atoms with E-state index >= 15 is 0 Å². The van der Waals surface area contributed by atoms with Gasteiger partial charge < -0.3 is 15.1 Å². The number of benzene rings is 1. The van der Waals surface area contributed by atoms with E-state index in [0.717, 1.165) is 45.3 Å². The number of carbonyl (C=O) groups is 2. The molecule has 1 atom stereocenters. The van der Waals surface area contributed by atoms with E-state index in [4.69, 9.17) is 0 Å². The first kappa shape index (κ1) is 20.7. The summed E-state index contributed by atoms with van der Waals surface area (Å²) >= 11 is 0. The lowest BCUT2D eigenvalue weighted by atomic mass is 9.93. The Morgan fingerprint density at radius 3 is 2.42 bits per heavy atom. The van der Waals surface area contributed by atoms with Gasteiger partial charge in [-0.2, -0.15) is 0 Å². The van der Waals surface area contributed by atoms with E-state index in [2.05, 4.69) is 5.32 Å². The topological polar surface area (TPSA) is 52.7 Å². The number of carbonyl (C=O) groups excluding carboxylic acids is 2. The van der Waals surface area contributed by atoms with Crippen LogP contribution in [0.1, 0.15) is 42.5 Å². The third kappa shape index (κ3) is 4.77. The predicted molar refractivity (Wildman–Crippen MR) is 106 cm³/mol. The van der Waals surface area contributed by atoms with Crippen molar-refractivity contribution in [2.45, 2.75) is 38.1 Å². The van der Waals surface area contributed by atoms with Gasteiger partial charge in [0.2, 0.25) is 5.91 Å². The SMILES string of the molecule is CNCCC1CCN(C(=O)C2CCCN2C(=O)c2ccccc2)CC1.Cl. The minimum absolute atomic E-state index is 0. The molecule has 1 aromatic carbocycles. The molecule has 6 heteroatoms. The summed E-state index contributed by atoms with van der Waals surface area (Å²) in [7, 11) is 1.98. The second-order valence-corrected chi connectivity index (χ2v) is 7.18. The van der Waals surface area contributed by atoms with Crippen LogP contribution in [-0.4, -0.2) is 60.9 Å². The highest BCUT2D eigenvalue weighted by Gasteiger charge is 2.37. The van der Waals surface area contributed by atoms with Crippen LogP contribution in [0.5, 0.6) is 0 Å². The zero-order valence-corrected chi connectivity index (χ0v) is 16.3. The maximum absolute atomic E-state index is 13.0. The molecule has 3 rings (SSSR count). The lowest BCUT2D eigenvalue weighted by Gasteiger charge is -2.35. The van der Waals surface area contributed by atoms with Crippen molar-refractivity contribution >= 4 is 24.2 Å². The summed E-state index contributed by atoms with van der Waals surface area (Å²) in [6, 6.07) is 9.03. The van der Waals surface area contributed by atoms with Crippen LogP contribution in [0.4, 0.5) is 0 Å². The highest BCUT2D eigenvalue weighted by atomic mass is 35.5. The Kier molecular flexibility index (Phi) is 7.91. The molecule has 0 bridgehead atoms. The number of hydrogen-bond acceptors (Lipinski definition) is 3. The molecule has 1 aromatic rings. The first-order valence-electron chi connectivity index (χ1n) is 9.50. The second-order valence-electron chi connectivity index (χ2n) is 7.18. The third-order valence-corrected chi connectivity index (χ3v) is 5.55. The van der Waals surface area contributed by atoms with Crippen molar-refractivity contribution in [2.75, 3.05) is 33.2 Å². The average Bonchev–Trinajstić information content (AvgIpc) is 3.16. The predicted octanol–water partition coefficient (Wildman–Crippen LogP) is 2.56. The molecule has 2 amide bonds. The first-order valence-corrected chi connectivity index (χ1v) is 9.50. The Balaban J connectivity index is 0.00000243. The van der Waals surface area contributed by atoms with Crippen LogP contribution in [0.2, 0.25) is 0 Å². The van der Waals surface area contributed by atoms with Crippen molar-refractivity contribution in [2.24, 2.45) is 5.92 Å². The molecule has 0 spiro atoms. The monoisotopic (exact) mass is 379 g/mol. The molecule has 2 aliphatic rings. The van der Waals surface area contributed by atoms with Crippen LogP contribution in [0.25, 0.3) is 0 Å². The summed E-state index contributed by atoms with van der Waals surface area (Å²) in [5.41, 5.74) is 0.674. The Hall–Kier alpha value is -1.59. The summed E-state index contributed by atoms with van der Waals surface area (Å²) in [5, 5.41) is 3.20. The van der Waals surface area contributed by atoms with E-state index in [0.29, 0.717) is 18.0 Å². The van der Waals surface area contributed by atoms with Crippen LogP contribution in [0, 0.1) is 5.92 Å². The van der Waals surface area contributed by atoms with Crippen molar-refractivity contribution < 1.29 is 9.59 Å². The van der Waals surface area contributed by atoms with Gasteiger partial charge in [-0.1, -0.05) is 18.2 Å². The zero-order valence-electron chi connectivity index (χ0n) is 15.5. The standard InChI is InChI=1S/C20H29N3O2.ClH/c1-21-12-9-16-10-14-22(15-11-16)20(25)18-8-5-13-23(18)19(24)17-6-3-2-4-7-17;/h2-4,6-7,16,18,21H,5,8-15H2,1H3;1H. The molecule has 1 unspecified atom stereocenters. The van der Waals surface area contributed by atoms with Gasteiger partial charge in [0.15, 0.2) is 0 Å². The molecule has 1 N–H and O–H groups in total. The fourth-order valence-corrected chi connectivity index (χ4v) is 4.01. The fourth-order valence-electron chi connectivity index (χ4n) is 4.01. The third-order valence-electron chi connectivity index (χ3n) is 5.55. The zero-order chi connectivity index (χ0) is 17.6. The van der Waals surface area contributed by atoms with Crippen molar-refractivity contribution in [3.8, 4) is 0 Å². The van der Waals surface area contributed by atoms with E-state index in [1.165, 1.54) is 6.42 Å². The van der Waals surface area contributed by atoms with Gasteiger partial charge in [0.05, 0.1) is 0 Å². The van der Waals surface area contributed by atoms with Gasteiger partial charge in [-0.05, 0) is 63.7 Å². The molecule has 0 saturated carbocycles. The van der Waals surface area contributed by atoms with Crippen molar-refractivity contribution in [1.82, 2.24) is 15.1 Å². The van der Waals surface area contributed by atoms with E-state index in [9.17, 15) is 9.59 Å². The number of piperidine rings is 1. The molecular weight excluding hydrogens is 350 g/mol. The molecule has 144 valence electrons. The number of amides is 2. The van der Waals surface area contributed by atoms with Gasteiger partial charge in [0, 0.05) is 25.2 Å². The van der Waals surface area contributed by atoms with Crippen molar-refractivity contribution in [3.05, 3.63) is 35.9 Å². The number of halogens is 1. The molecule has 0 aliphatic carbocycles. The molecule has 2 aliphatic heterocycles. The minimum atomic E-state index is -0.276. The Morgan fingerprint density at radius 1 is 1.08 bits per heavy atom. The molecule has 0 radical (unpaired) electrons. The molecule has 2 saturated heterocycles. The van der Waals surface area contributed by atoms with Crippen LogP contribution >= 0.6 is 12.4 Å². The number of likely N-dealkylation sites (tertiary alicyclic amines) is 2. The van der Waals surface area contributed by atoms with Crippen LogP contribution < -0.4 is 5.32 Å². The van der Waals surface area contributed by atoms with Crippen LogP contribution in [0.3, 0.4) is 0 Å². The van der Waals surface area contributed by atoms with Crippen molar-refractivity contribution in [1.29, 1.82) is 0 Å². The smallest absolute Gasteiger partial charge is 0.254 e. The minimum Gasteiger partial charge on any atom is -0.341 e. The normalized spacial score (nSPS) is 20.7. The Labute approximate surface area is 162 Å². The molecule has 26 heavy (non-hydrogen) atoms. The van der Waals surface area contributed by atoms with Gasteiger partial charge in [0.25, 0.3) is 5.91 Å². The van der Waals surface area contributed by atoms with E-state index < -0.39 is 0 Å². The summed E-state index contributed by atoms with van der Waals surface area (Å²) in [6.07, 6.45) is 5.03. The summed E-state index contributed by atoms with van der Waals surface area (Å²) < 4.78 is 0. The van der Waals surface area contributed by atoms with Crippen LogP contribution in [0.15, 0.2) is 30.3 Å². The summed E-state index contributed by atoms with van der Waals surface area (Å²) in [6.45, 7) is 3.39. The van der Waals surface area contributed by atoms with E-state index in [-0.39, 0.29) is 30.3 Å². The Bertz CT molecular complexity index is 588. The largest absolute Gasteiger partial charge is 0.341 e. The van der Waals surface area contributed by atoms with Gasteiger partial charge in [-0.3, -0.25) is 9.59 Å². The van der Waals surface area contributed by atoms with Crippen LogP contribution in [-0.2, 0) is 4.79 Å².